The highest BCUT2D eigenvalue weighted by Crippen LogP contribution is 2.33. The molecule has 5 heteroatoms. The molecule has 3 nitrogen and oxygen atoms in total. The van der Waals surface area contributed by atoms with E-state index >= 15 is 0 Å². The Labute approximate surface area is 102 Å². The Hall–Kier alpha value is -1.88. The Bertz CT molecular complexity index is 565. The van der Waals surface area contributed by atoms with Crippen molar-refractivity contribution in [2.24, 2.45) is 0 Å². The minimum Gasteiger partial charge on any atom is -0.465 e. The normalized spacial score (nSPS) is 10.2. The van der Waals surface area contributed by atoms with Crippen molar-refractivity contribution in [2.75, 3.05) is 5.32 Å². The Morgan fingerprint density at radius 1 is 1.35 bits per heavy atom. The highest BCUT2D eigenvalue weighted by molar-refractivity contribution is 7.15. The van der Waals surface area contributed by atoms with E-state index in [0.717, 1.165) is 9.75 Å². The molecule has 0 bridgehead atoms. The van der Waals surface area contributed by atoms with Crippen LogP contribution in [0, 0.1) is 12.7 Å². The number of nitrogens with one attached hydrogen (secondary N) is 1. The molecule has 17 heavy (non-hydrogen) atoms. The lowest BCUT2D eigenvalue weighted by atomic mass is 10.1. The number of rotatable bonds is 2. The predicted octanol–water partition coefficient (Wildman–Crippen LogP) is 3.95. The van der Waals surface area contributed by atoms with Gasteiger partial charge in [0.25, 0.3) is 0 Å². The highest BCUT2D eigenvalue weighted by atomic mass is 32.1. The molecule has 2 aromatic rings. The van der Waals surface area contributed by atoms with Crippen LogP contribution in [0.3, 0.4) is 0 Å². The molecule has 1 amide bonds. The standard InChI is InChI=1S/C12H10FNO2S/c1-7-2-5-11(17-7)9-6-8(13)3-4-10(9)14-12(15)16/h2-6,14H,1H3,(H,15,16). The molecule has 1 heterocycles. The number of thiophene rings is 1. The molecule has 0 aliphatic heterocycles. The summed E-state index contributed by atoms with van der Waals surface area (Å²) in [5.41, 5.74) is 0.950. The van der Waals surface area contributed by atoms with Gasteiger partial charge in [0.15, 0.2) is 0 Å². The summed E-state index contributed by atoms with van der Waals surface area (Å²) in [5.74, 6) is -0.387. The molecular weight excluding hydrogens is 241 g/mol. The summed E-state index contributed by atoms with van der Waals surface area (Å²) in [4.78, 5) is 12.6. The first-order valence-corrected chi connectivity index (χ1v) is 5.74. The first-order chi connectivity index (χ1) is 8.06. The van der Waals surface area contributed by atoms with Crippen molar-refractivity contribution in [3.63, 3.8) is 0 Å². The van der Waals surface area contributed by atoms with Gasteiger partial charge in [0.1, 0.15) is 5.82 Å². The van der Waals surface area contributed by atoms with Gasteiger partial charge in [0.05, 0.1) is 5.69 Å². The number of anilines is 1. The highest BCUT2D eigenvalue weighted by Gasteiger charge is 2.10. The molecule has 0 fully saturated rings. The van der Waals surface area contributed by atoms with Gasteiger partial charge in [-0.2, -0.15) is 0 Å². The van der Waals surface area contributed by atoms with Crippen molar-refractivity contribution in [1.82, 2.24) is 0 Å². The van der Waals surface area contributed by atoms with E-state index in [0.29, 0.717) is 11.3 Å². The van der Waals surface area contributed by atoms with Crippen molar-refractivity contribution in [1.29, 1.82) is 0 Å². The number of halogens is 1. The van der Waals surface area contributed by atoms with Crippen LogP contribution in [-0.4, -0.2) is 11.2 Å². The molecule has 0 aliphatic rings. The van der Waals surface area contributed by atoms with Gasteiger partial charge in [-0.15, -0.1) is 11.3 Å². The lowest BCUT2D eigenvalue weighted by Gasteiger charge is -2.07. The molecule has 2 N–H and O–H groups in total. The largest absolute Gasteiger partial charge is 0.465 e. The maximum atomic E-state index is 13.2. The summed E-state index contributed by atoms with van der Waals surface area (Å²) in [6.45, 7) is 1.94. The molecular formula is C12H10FNO2S. The van der Waals surface area contributed by atoms with E-state index in [4.69, 9.17) is 5.11 Å². The fraction of sp³-hybridized carbons (Fsp3) is 0.0833. The number of hydrogen-bond donors (Lipinski definition) is 2. The summed E-state index contributed by atoms with van der Waals surface area (Å²) in [5, 5.41) is 11.0. The van der Waals surface area contributed by atoms with E-state index in [9.17, 15) is 9.18 Å². The molecule has 0 saturated heterocycles. The third-order valence-corrected chi connectivity index (χ3v) is 3.26. The first kappa shape index (κ1) is 11.6. The summed E-state index contributed by atoms with van der Waals surface area (Å²) >= 11 is 1.49. The van der Waals surface area contributed by atoms with E-state index in [-0.39, 0.29) is 5.82 Å². The number of benzene rings is 1. The van der Waals surface area contributed by atoms with Gasteiger partial charge in [-0.25, -0.2) is 9.18 Å². The maximum absolute atomic E-state index is 13.2. The molecule has 1 aromatic heterocycles. The molecule has 1 aromatic carbocycles. The third-order valence-electron chi connectivity index (χ3n) is 2.23. The average molecular weight is 251 g/mol. The lowest BCUT2D eigenvalue weighted by Crippen LogP contribution is -2.08. The molecule has 88 valence electrons. The quantitative estimate of drug-likeness (QED) is 0.849. The second kappa shape index (κ2) is 4.55. The van der Waals surface area contributed by atoms with Crippen molar-refractivity contribution < 1.29 is 14.3 Å². The van der Waals surface area contributed by atoms with E-state index < -0.39 is 6.09 Å². The van der Waals surface area contributed by atoms with E-state index in [2.05, 4.69) is 5.32 Å². The zero-order chi connectivity index (χ0) is 12.4. The Morgan fingerprint density at radius 3 is 2.71 bits per heavy atom. The summed E-state index contributed by atoms with van der Waals surface area (Å²) in [6.07, 6.45) is -1.16. The summed E-state index contributed by atoms with van der Waals surface area (Å²) < 4.78 is 13.2. The van der Waals surface area contributed by atoms with Crippen LogP contribution < -0.4 is 5.32 Å². The van der Waals surface area contributed by atoms with Gasteiger partial charge < -0.3 is 5.11 Å². The fourth-order valence-corrected chi connectivity index (χ4v) is 2.42. The lowest BCUT2D eigenvalue weighted by molar-refractivity contribution is 0.210. The zero-order valence-electron chi connectivity index (χ0n) is 9.03. The smallest absolute Gasteiger partial charge is 0.409 e. The summed E-state index contributed by atoms with van der Waals surface area (Å²) in [6, 6.07) is 7.75. The predicted molar refractivity (Wildman–Crippen MR) is 66.1 cm³/mol. The van der Waals surface area contributed by atoms with Crippen molar-refractivity contribution in [3.05, 3.63) is 41.0 Å². The first-order valence-electron chi connectivity index (χ1n) is 4.92. The van der Waals surface area contributed by atoms with Crippen LogP contribution in [0.4, 0.5) is 14.9 Å². The van der Waals surface area contributed by atoms with Gasteiger partial charge in [-0.1, -0.05) is 0 Å². The number of aryl methyl sites for hydroxylation is 1. The van der Waals surface area contributed by atoms with Crippen LogP contribution in [0.1, 0.15) is 4.88 Å². The number of hydrogen-bond acceptors (Lipinski definition) is 2. The minimum absolute atomic E-state index is 0.387. The molecule has 0 atom stereocenters. The average Bonchev–Trinajstić information content (AvgIpc) is 2.67. The van der Waals surface area contributed by atoms with E-state index in [1.807, 2.05) is 19.1 Å². The third kappa shape index (κ3) is 2.62. The monoisotopic (exact) mass is 251 g/mol. The molecule has 0 unspecified atom stereocenters. The molecule has 2 rings (SSSR count). The SMILES string of the molecule is Cc1ccc(-c2cc(F)ccc2NC(=O)O)s1. The van der Waals surface area contributed by atoms with Crippen LogP contribution in [0.5, 0.6) is 0 Å². The molecule has 0 spiro atoms. The van der Waals surface area contributed by atoms with Crippen molar-refractivity contribution in [3.8, 4) is 10.4 Å². The van der Waals surface area contributed by atoms with Crippen molar-refractivity contribution in [2.45, 2.75) is 6.92 Å². The van der Waals surface area contributed by atoms with E-state index in [1.165, 1.54) is 29.5 Å². The van der Waals surface area contributed by atoms with Gasteiger partial charge in [0, 0.05) is 15.3 Å². The van der Waals surface area contributed by atoms with Gasteiger partial charge in [-0.3, -0.25) is 5.32 Å². The number of carboxylic acid groups (broad SMARTS) is 1. The van der Waals surface area contributed by atoms with Crippen LogP contribution in [0.2, 0.25) is 0 Å². The van der Waals surface area contributed by atoms with Crippen LogP contribution in [-0.2, 0) is 0 Å². The Balaban J connectivity index is 2.50. The molecule has 0 aliphatic carbocycles. The molecule has 0 radical (unpaired) electrons. The van der Waals surface area contributed by atoms with Crippen molar-refractivity contribution >= 4 is 23.1 Å². The second-order valence-corrected chi connectivity index (χ2v) is 4.82. The summed E-state index contributed by atoms with van der Waals surface area (Å²) in [7, 11) is 0. The maximum Gasteiger partial charge on any atom is 0.409 e. The minimum atomic E-state index is -1.16. The number of carbonyl (C=O) groups is 1. The Kier molecular flexibility index (Phi) is 3.10. The van der Waals surface area contributed by atoms with Crippen LogP contribution in [0.15, 0.2) is 30.3 Å². The second-order valence-electron chi connectivity index (χ2n) is 3.53. The Morgan fingerprint density at radius 2 is 2.12 bits per heavy atom. The molecule has 0 saturated carbocycles. The van der Waals surface area contributed by atoms with Gasteiger partial charge in [0.2, 0.25) is 0 Å². The zero-order valence-corrected chi connectivity index (χ0v) is 9.84. The van der Waals surface area contributed by atoms with Gasteiger partial charge >= 0.3 is 6.09 Å². The van der Waals surface area contributed by atoms with Crippen LogP contribution in [0.25, 0.3) is 10.4 Å². The van der Waals surface area contributed by atoms with E-state index in [1.54, 1.807) is 0 Å². The topological polar surface area (TPSA) is 49.3 Å². The van der Waals surface area contributed by atoms with Crippen LogP contribution >= 0.6 is 11.3 Å². The van der Waals surface area contributed by atoms with Gasteiger partial charge in [-0.05, 0) is 37.3 Å². The fourth-order valence-electron chi connectivity index (χ4n) is 1.52. The number of amides is 1.